The standard InChI is InChI=1S/C10H19ClO4P/c1-6(2)14-8(5)16(13)9(11)10(12)15-7(3)4/h6-9H,1-5H3/q+1. The molecule has 0 heterocycles. The monoisotopic (exact) mass is 269 g/mol. The Labute approximate surface area is 102 Å². The van der Waals surface area contributed by atoms with Crippen LogP contribution >= 0.6 is 19.4 Å². The van der Waals surface area contributed by atoms with Crippen molar-refractivity contribution in [2.45, 2.75) is 57.8 Å². The Morgan fingerprint density at radius 3 is 2.00 bits per heavy atom. The van der Waals surface area contributed by atoms with Gasteiger partial charge in [0.05, 0.1) is 12.2 Å². The van der Waals surface area contributed by atoms with E-state index >= 15 is 0 Å². The smallest absolute Gasteiger partial charge is 0.401 e. The maximum Gasteiger partial charge on any atom is 0.401 e. The molecule has 0 saturated heterocycles. The van der Waals surface area contributed by atoms with Gasteiger partial charge in [-0.3, -0.25) is 0 Å². The van der Waals surface area contributed by atoms with Crippen LogP contribution in [0.3, 0.4) is 0 Å². The van der Waals surface area contributed by atoms with E-state index in [4.69, 9.17) is 21.1 Å². The van der Waals surface area contributed by atoms with Crippen LogP contribution in [-0.2, 0) is 18.8 Å². The van der Waals surface area contributed by atoms with Crippen molar-refractivity contribution in [1.82, 2.24) is 0 Å². The first-order valence-electron chi connectivity index (χ1n) is 5.21. The molecule has 0 aliphatic rings. The molecule has 3 atom stereocenters. The van der Waals surface area contributed by atoms with Crippen molar-refractivity contribution in [3.63, 3.8) is 0 Å². The number of esters is 1. The van der Waals surface area contributed by atoms with Crippen LogP contribution in [0.15, 0.2) is 0 Å². The Hall–Kier alpha value is -0.180. The van der Waals surface area contributed by atoms with Gasteiger partial charge in [-0.2, -0.15) is 0 Å². The summed E-state index contributed by atoms with van der Waals surface area (Å²) in [7, 11) is -1.99. The molecule has 0 aromatic rings. The molecule has 6 heteroatoms. The molecule has 0 bridgehead atoms. The van der Waals surface area contributed by atoms with Gasteiger partial charge >= 0.3 is 18.9 Å². The number of hydrogen-bond acceptors (Lipinski definition) is 4. The second kappa shape index (κ2) is 7.21. The Morgan fingerprint density at radius 1 is 1.12 bits per heavy atom. The van der Waals surface area contributed by atoms with E-state index in [1.54, 1.807) is 20.8 Å². The molecule has 0 spiro atoms. The first-order valence-corrected chi connectivity index (χ1v) is 7.04. The van der Waals surface area contributed by atoms with Crippen molar-refractivity contribution in [1.29, 1.82) is 0 Å². The van der Waals surface area contributed by atoms with Gasteiger partial charge in [0, 0.05) is 6.92 Å². The van der Waals surface area contributed by atoms with Crippen LogP contribution < -0.4 is 0 Å². The molecule has 4 nitrogen and oxygen atoms in total. The SMILES string of the molecule is CC(C)OC(=O)C(Cl)[P+](=O)C(C)OC(C)C. The topological polar surface area (TPSA) is 52.6 Å². The number of alkyl halides is 1. The molecular formula is C10H19ClO4P+. The minimum atomic E-state index is -1.99. The predicted molar refractivity (Wildman–Crippen MR) is 64.2 cm³/mol. The number of hydrogen-bond donors (Lipinski definition) is 0. The highest BCUT2D eigenvalue weighted by Crippen LogP contribution is 2.38. The summed E-state index contributed by atoms with van der Waals surface area (Å²) in [6, 6.07) is 0. The van der Waals surface area contributed by atoms with E-state index in [9.17, 15) is 9.36 Å². The van der Waals surface area contributed by atoms with Gasteiger partial charge < -0.3 is 9.47 Å². The molecule has 0 radical (unpaired) electrons. The lowest BCUT2D eigenvalue weighted by Crippen LogP contribution is -2.22. The molecule has 0 fully saturated rings. The summed E-state index contributed by atoms with van der Waals surface area (Å²) < 4.78 is 22.0. The van der Waals surface area contributed by atoms with Crippen LogP contribution in [0.1, 0.15) is 34.6 Å². The van der Waals surface area contributed by atoms with Gasteiger partial charge in [0.15, 0.2) is 0 Å². The number of carbonyl (C=O) groups excluding carboxylic acids is 1. The maximum atomic E-state index is 11.8. The van der Waals surface area contributed by atoms with Crippen molar-refractivity contribution in [3.8, 4) is 0 Å². The molecule has 94 valence electrons. The molecule has 0 rings (SSSR count). The van der Waals surface area contributed by atoms with Gasteiger partial charge in [0.25, 0.3) is 5.85 Å². The third kappa shape index (κ3) is 5.78. The van der Waals surface area contributed by atoms with Crippen LogP contribution in [0.4, 0.5) is 0 Å². The Balaban J connectivity index is 4.31. The fraction of sp³-hybridized carbons (Fsp3) is 0.900. The zero-order valence-electron chi connectivity index (χ0n) is 10.3. The number of carbonyl (C=O) groups is 1. The largest absolute Gasteiger partial charge is 0.459 e. The van der Waals surface area contributed by atoms with Gasteiger partial charge in [-0.25, -0.2) is 4.79 Å². The lowest BCUT2D eigenvalue weighted by atomic mass is 10.5. The number of ether oxygens (including phenoxy) is 2. The zero-order valence-corrected chi connectivity index (χ0v) is 11.9. The van der Waals surface area contributed by atoms with Crippen molar-refractivity contribution in [3.05, 3.63) is 0 Å². The molecule has 16 heavy (non-hydrogen) atoms. The van der Waals surface area contributed by atoms with Crippen LogP contribution in [0.25, 0.3) is 0 Å². The molecule has 0 aliphatic carbocycles. The minimum absolute atomic E-state index is 0.0565. The van der Waals surface area contributed by atoms with Crippen molar-refractivity contribution in [2.75, 3.05) is 0 Å². The van der Waals surface area contributed by atoms with Gasteiger partial charge in [-0.1, -0.05) is 16.2 Å². The summed E-state index contributed by atoms with van der Waals surface area (Å²) >= 11 is 5.77. The van der Waals surface area contributed by atoms with E-state index in [2.05, 4.69) is 0 Å². The van der Waals surface area contributed by atoms with E-state index in [1.165, 1.54) is 0 Å². The fourth-order valence-electron chi connectivity index (χ4n) is 1.03. The highest BCUT2D eigenvalue weighted by molar-refractivity contribution is 7.49. The molecule has 0 saturated carbocycles. The Bertz CT molecular complexity index is 255. The average molecular weight is 270 g/mol. The highest BCUT2D eigenvalue weighted by atomic mass is 35.5. The summed E-state index contributed by atoms with van der Waals surface area (Å²) in [5.74, 6) is -1.21. The zero-order chi connectivity index (χ0) is 12.9. The highest BCUT2D eigenvalue weighted by Gasteiger charge is 2.42. The van der Waals surface area contributed by atoms with E-state index in [0.29, 0.717) is 0 Å². The Kier molecular flexibility index (Phi) is 7.12. The lowest BCUT2D eigenvalue weighted by Gasteiger charge is -2.10. The molecule has 0 aliphatic heterocycles. The normalized spacial score (nSPS) is 16.1. The molecule has 0 amide bonds. The van der Waals surface area contributed by atoms with E-state index in [1.807, 2.05) is 13.8 Å². The third-order valence-corrected chi connectivity index (χ3v) is 3.85. The predicted octanol–water partition coefficient (Wildman–Crippen LogP) is 3.10. The molecular weight excluding hydrogens is 251 g/mol. The van der Waals surface area contributed by atoms with Crippen LogP contribution in [-0.4, -0.2) is 29.1 Å². The van der Waals surface area contributed by atoms with E-state index in [-0.39, 0.29) is 12.2 Å². The Morgan fingerprint density at radius 2 is 1.62 bits per heavy atom. The summed E-state index contributed by atoms with van der Waals surface area (Å²) in [5.41, 5.74) is 0. The van der Waals surface area contributed by atoms with Crippen LogP contribution in [0, 0.1) is 0 Å². The van der Waals surface area contributed by atoms with Gasteiger partial charge in [0.1, 0.15) is 0 Å². The number of rotatable bonds is 6. The summed E-state index contributed by atoms with van der Waals surface area (Å²) in [5, 5.41) is -1.15. The fourth-order valence-corrected chi connectivity index (χ4v) is 2.56. The minimum Gasteiger partial charge on any atom is -0.459 e. The molecule has 0 aromatic carbocycles. The molecule has 3 unspecified atom stereocenters. The average Bonchev–Trinajstić information content (AvgIpc) is 2.13. The van der Waals surface area contributed by atoms with Crippen molar-refractivity contribution >= 4 is 25.4 Å². The second-order valence-electron chi connectivity index (χ2n) is 3.97. The summed E-state index contributed by atoms with van der Waals surface area (Å²) in [6.45, 7) is 8.71. The van der Waals surface area contributed by atoms with E-state index < -0.39 is 24.7 Å². The van der Waals surface area contributed by atoms with Crippen molar-refractivity contribution in [2.24, 2.45) is 0 Å². The van der Waals surface area contributed by atoms with E-state index in [0.717, 1.165) is 0 Å². The van der Waals surface area contributed by atoms with Crippen molar-refractivity contribution < 1.29 is 18.8 Å². The maximum absolute atomic E-state index is 11.8. The summed E-state index contributed by atoms with van der Waals surface area (Å²) in [4.78, 5) is 11.4. The third-order valence-electron chi connectivity index (χ3n) is 1.60. The lowest BCUT2D eigenvalue weighted by molar-refractivity contribution is -0.145. The first kappa shape index (κ1) is 15.8. The second-order valence-corrected chi connectivity index (χ2v) is 6.67. The summed E-state index contributed by atoms with van der Waals surface area (Å²) in [6.07, 6.45) is -0.322. The number of halogens is 1. The molecule has 0 N–H and O–H groups in total. The van der Waals surface area contributed by atoms with Gasteiger partial charge in [-0.05, 0) is 27.7 Å². The first-order chi connectivity index (χ1) is 7.25. The quantitative estimate of drug-likeness (QED) is 0.422. The molecule has 0 aromatic heterocycles. The van der Waals surface area contributed by atoms with Gasteiger partial charge in [0.2, 0.25) is 0 Å². The van der Waals surface area contributed by atoms with Crippen LogP contribution in [0.2, 0.25) is 0 Å². The van der Waals surface area contributed by atoms with Gasteiger partial charge in [-0.15, -0.1) is 0 Å². The van der Waals surface area contributed by atoms with Crippen LogP contribution in [0.5, 0.6) is 0 Å².